The molecular weight excluding hydrogens is 324 g/mol. The van der Waals surface area contributed by atoms with Gasteiger partial charge in [0, 0.05) is 30.2 Å². The van der Waals surface area contributed by atoms with E-state index in [-0.39, 0.29) is 0 Å². The molecule has 1 aromatic carbocycles. The predicted octanol–water partition coefficient (Wildman–Crippen LogP) is 3.71. The topological polar surface area (TPSA) is 57.3 Å². The first kappa shape index (κ1) is 16.6. The third-order valence-corrected chi connectivity index (χ3v) is 7.03. The molecule has 0 spiro atoms. The maximum absolute atomic E-state index is 10.4. The van der Waals surface area contributed by atoms with Crippen LogP contribution in [0.15, 0.2) is 30.5 Å². The van der Waals surface area contributed by atoms with Crippen LogP contribution in [0.1, 0.15) is 38.5 Å². The van der Waals surface area contributed by atoms with Crippen molar-refractivity contribution in [1.82, 2.24) is 10.3 Å². The Kier molecular flexibility index (Phi) is 4.21. The second kappa shape index (κ2) is 6.58. The highest BCUT2D eigenvalue weighted by atomic mass is 16.5. The number of aliphatic hydroxyl groups is 1. The standard InChI is InChI=1S/C22H30N2O2/c25-18(13-26-21-3-1-2-20-19(21)4-5-24-20)12-23-14-22-9-15-6-16(10-22)8-17(7-15)11-22/h1-5,15-18,23-25H,6-14H2. The average molecular weight is 354 g/mol. The molecule has 4 bridgehead atoms. The second-order valence-corrected chi connectivity index (χ2v) is 9.21. The number of aliphatic hydroxyl groups excluding tert-OH is 1. The molecule has 4 aliphatic rings. The highest BCUT2D eigenvalue weighted by molar-refractivity contribution is 5.85. The zero-order valence-electron chi connectivity index (χ0n) is 15.4. The fourth-order valence-corrected chi connectivity index (χ4v) is 6.44. The van der Waals surface area contributed by atoms with E-state index in [1.807, 2.05) is 30.5 Å². The Morgan fingerprint density at radius 1 is 1.12 bits per heavy atom. The highest BCUT2D eigenvalue weighted by Crippen LogP contribution is 2.59. The summed E-state index contributed by atoms with van der Waals surface area (Å²) in [5, 5.41) is 15.0. The van der Waals surface area contributed by atoms with Gasteiger partial charge in [0.05, 0.1) is 0 Å². The number of hydrogen-bond donors (Lipinski definition) is 3. The van der Waals surface area contributed by atoms with Crippen LogP contribution < -0.4 is 10.1 Å². The van der Waals surface area contributed by atoms with E-state index in [0.29, 0.717) is 18.6 Å². The van der Waals surface area contributed by atoms with Crippen LogP contribution in [0, 0.1) is 23.2 Å². The van der Waals surface area contributed by atoms with Crippen LogP contribution in [0.5, 0.6) is 5.75 Å². The smallest absolute Gasteiger partial charge is 0.128 e. The van der Waals surface area contributed by atoms with Crippen molar-refractivity contribution in [3.8, 4) is 5.75 Å². The summed E-state index contributed by atoms with van der Waals surface area (Å²) < 4.78 is 5.88. The Labute approximate surface area is 155 Å². The highest BCUT2D eigenvalue weighted by Gasteiger charge is 2.50. The van der Waals surface area contributed by atoms with Crippen LogP contribution in [0.4, 0.5) is 0 Å². The minimum Gasteiger partial charge on any atom is -0.490 e. The van der Waals surface area contributed by atoms with Crippen molar-refractivity contribution >= 4 is 10.9 Å². The molecule has 4 saturated carbocycles. The van der Waals surface area contributed by atoms with Gasteiger partial charge in [-0.3, -0.25) is 0 Å². The van der Waals surface area contributed by atoms with Crippen molar-refractivity contribution in [1.29, 1.82) is 0 Å². The Hall–Kier alpha value is -1.52. The first-order valence-corrected chi connectivity index (χ1v) is 10.3. The molecule has 0 radical (unpaired) electrons. The van der Waals surface area contributed by atoms with E-state index in [1.165, 1.54) is 38.5 Å². The van der Waals surface area contributed by atoms with Crippen LogP contribution in [0.25, 0.3) is 10.9 Å². The normalized spacial score (nSPS) is 33.7. The summed E-state index contributed by atoms with van der Waals surface area (Å²) in [5.41, 5.74) is 1.59. The van der Waals surface area contributed by atoms with Crippen molar-refractivity contribution in [2.45, 2.75) is 44.6 Å². The molecular formula is C22H30N2O2. The molecule has 1 heterocycles. The molecule has 1 unspecified atom stereocenters. The van der Waals surface area contributed by atoms with Gasteiger partial charge in [0.1, 0.15) is 18.5 Å². The van der Waals surface area contributed by atoms with Gasteiger partial charge in [0.25, 0.3) is 0 Å². The molecule has 26 heavy (non-hydrogen) atoms. The van der Waals surface area contributed by atoms with E-state index < -0.39 is 6.10 Å². The van der Waals surface area contributed by atoms with Crippen LogP contribution in [-0.4, -0.2) is 35.9 Å². The maximum atomic E-state index is 10.4. The van der Waals surface area contributed by atoms with Gasteiger partial charge in [-0.1, -0.05) is 6.07 Å². The van der Waals surface area contributed by atoms with Crippen molar-refractivity contribution < 1.29 is 9.84 Å². The summed E-state index contributed by atoms with van der Waals surface area (Å²) in [4.78, 5) is 3.19. The number of H-pyrrole nitrogens is 1. The van der Waals surface area contributed by atoms with E-state index in [0.717, 1.165) is 41.0 Å². The zero-order chi connectivity index (χ0) is 17.6. The van der Waals surface area contributed by atoms with Crippen LogP contribution >= 0.6 is 0 Å². The average Bonchev–Trinajstić information content (AvgIpc) is 3.08. The number of hydrogen-bond acceptors (Lipinski definition) is 3. The Morgan fingerprint density at radius 3 is 2.58 bits per heavy atom. The van der Waals surface area contributed by atoms with Gasteiger partial charge < -0.3 is 20.1 Å². The molecule has 2 aromatic rings. The van der Waals surface area contributed by atoms with Gasteiger partial charge in [-0.25, -0.2) is 0 Å². The number of rotatable bonds is 7. The van der Waals surface area contributed by atoms with E-state index in [2.05, 4.69) is 10.3 Å². The van der Waals surface area contributed by atoms with E-state index in [1.54, 1.807) is 0 Å². The lowest BCUT2D eigenvalue weighted by Gasteiger charge is -2.57. The zero-order valence-corrected chi connectivity index (χ0v) is 15.4. The lowest BCUT2D eigenvalue weighted by molar-refractivity contribution is -0.0524. The van der Waals surface area contributed by atoms with Gasteiger partial charge in [-0.2, -0.15) is 0 Å². The molecule has 1 aromatic heterocycles. The van der Waals surface area contributed by atoms with Crippen LogP contribution in [-0.2, 0) is 0 Å². The van der Waals surface area contributed by atoms with E-state index in [9.17, 15) is 5.11 Å². The summed E-state index contributed by atoms with van der Waals surface area (Å²) in [6.07, 6.45) is 10.1. The largest absolute Gasteiger partial charge is 0.490 e. The summed E-state index contributed by atoms with van der Waals surface area (Å²) in [6.45, 7) is 2.02. The van der Waals surface area contributed by atoms with Gasteiger partial charge in [0.2, 0.25) is 0 Å². The molecule has 0 aliphatic heterocycles. The van der Waals surface area contributed by atoms with E-state index >= 15 is 0 Å². The molecule has 140 valence electrons. The number of aromatic nitrogens is 1. The first-order valence-electron chi connectivity index (χ1n) is 10.3. The number of benzene rings is 1. The van der Waals surface area contributed by atoms with Gasteiger partial charge in [-0.05, 0) is 79.9 Å². The third kappa shape index (κ3) is 3.14. The number of fused-ring (bicyclic) bond motifs is 1. The maximum Gasteiger partial charge on any atom is 0.128 e. The molecule has 1 atom stereocenters. The summed E-state index contributed by atoms with van der Waals surface area (Å²) in [5.74, 6) is 3.79. The van der Waals surface area contributed by atoms with Crippen molar-refractivity contribution in [2.24, 2.45) is 23.2 Å². The van der Waals surface area contributed by atoms with Crippen LogP contribution in [0.2, 0.25) is 0 Å². The fraction of sp³-hybridized carbons (Fsp3) is 0.636. The summed E-state index contributed by atoms with van der Waals surface area (Å²) in [7, 11) is 0. The van der Waals surface area contributed by atoms with Crippen molar-refractivity contribution in [3.05, 3.63) is 30.5 Å². The number of ether oxygens (including phenoxy) is 1. The van der Waals surface area contributed by atoms with Crippen molar-refractivity contribution in [3.63, 3.8) is 0 Å². The molecule has 4 heteroatoms. The lowest BCUT2D eigenvalue weighted by Crippen LogP contribution is -2.51. The third-order valence-electron chi connectivity index (χ3n) is 7.03. The monoisotopic (exact) mass is 354 g/mol. The molecule has 0 saturated heterocycles. The molecule has 3 N–H and O–H groups in total. The fourth-order valence-electron chi connectivity index (χ4n) is 6.44. The second-order valence-electron chi connectivity index (χ2n) is 9.21. The van der Waals surface area contributed by atoms with Gasteiger partial charge in [-0.15, -0.1) is 0 Å². The molecule has 4 aliphatic carbocycles. The number of nitrogens with one attached hydrogen (secondary N) is 2. The SMILES string of the molecule is OC(CNCC12CC3CC(CC(C3)C1)C2)COc1cccc2[nH]ccc12. The summed E-state index contributed by atoms with van der Waals surface area (Å²) >= 11 is 0. The van der Waals surface area contributed by atoms with Crippen molar-refractivity contribution in [2.75, 3.05) is 19.7 Å². The minimum atomic E-state index is -0.474. The summed E-state index contributed by atoms with van der Waals surface area (Å²) in [6, 6.07) is 7.99. The molecule has 6 rings (SSSR count). The van der Waals surface area contributed by atoms with Gasteiger partial charge in [0.15, 0.2) is 0 Å². The molecule has 4 nitrogen and oxygen atoms in total. The van der Waals surface area contributed by atoms with E-state index in [4.69, 9.17) is 4.74 Å². The van der Waals surface area contributed by atoms with Gasteiger partial charge >= 0.3 is 0 Å². The minimum absolute atomic E-state index is 0.332. The Balaban J connectivity index is 1.11. The molecule has 4 fully saturated rings. The Bertz CT molecular complexity index is 733. The lowest BCUT2D eigenvalue weighted by atomic mass is 9.49. The quantitative estimate of drug-likeness (QED) is 0.710. The van der Waals surface area contributed by atoms with Crippen LogP contribution in [0.3, 0.4) is 0 Å². The predicted molar refractivity (Wildman–Crippen MR) is 103 cm³/mol. The number of aromatic amines is 1. The molecule has 0 amide bonds. The first-order chi connectivity index (χ1) is 12.7. The Morgan fingerprint density at radius 2 is 1.85 bits per heavy atom.